The van der Waals surface area contributed by atoms with Gasteiger partial charge in [-0.3, -0.25) is 4.98 Å². The van der Waals surface area contributed by atoms with Gasteiger partial charge in [0.2, 0.25) is 11.8 Å². The van der Waals surface area contributed by atoms with Gasteiger partial charge in [0.15, 0.2) is 0 Å². The zero-order valence-corrected chi connectivity index (χ0v) is 14.5. The number of hydrogen-bond donors (Lipinski definition) is 1. The minimum absolute atomic E-state index is 0.0992. The highest BCUT2D eigenvalue weighted by Crippen LogP contribution is 2.44. The maximum absolute atomic E-state index is 9.65. The van der Waals surface area contributed by atoms with Crippen LogP contribution in [0.15, 0.2) is 60.2 Å². The number of aryl methyl sites for hydroxylation is 2. The zero-order valence-electron chi connectivity index (χ0n) is 14.5. The van der Waals surface area contributed by atoms with E-state index in [0.29, 0.717) is 11.5 Å². The van der Waals surface area contributed by atoms with Crippen LogP contribution in [0.2, 0.25) is 0 Å². The van der Waals surface area contributed by atoms with Crippen molar-refractivity contribution in [3.8, 4) is 17.6 Å². The van der Waals surface area contributed by atoms with Crippen LogP contribution in [0, 0.1) is 25.2 Å². The Balaban J connectivity index is 1.95. The summed E-state index contributed by atoms with van der Waals surface area (Å²) in [6, 6.07) is 13.9. The van der Waals surface area contributed by atoms with Crippen LogP contribution in [-0.4, -0.2) is 14.8 Å². The smallest absolute Gasteiger partial charge is 0.229 e. The van der Waals surface area contributed by atoms with Crippen molar-refractivity contribution in [2.45, 2.75) is 19.8 Å². The molecule has 0 saturated heterocycles. The van der Waals surface area contributed by atoms with E-state index in [-0.39, 0.29) is 11.8 Å². The third-order valence-corrected chi connectivity index (χ3v) is 4.53. The van der Waals surface area contributed by atoms with Gasteiger partial charge in [-0.25, -0.2) is 4.68 Å². The fourth-order valence-electron chi connectivity index (χ4n) is 3.26. The number of nitrogens with two attached hydrogens (primary N) is 1. The third kappa shape index (κ3) is 2.42. The molecule has 3 aromatic rings. The van der Waals surface area contributed by atoms with Crippen LogP contribution in [0.1, 0.15) is 28.3 Å². The van der Waals surface area contributed by atoms with E-state index in [4.69, 9.17) is 10.5 Å². The first kappa shape index (κ1) is 15.9. The van der Waals surface area contributed by atoms with E-state index in [1.807, 2.05) is 50.2 Å². The van der Waals surface area contributed by atoms with E-state index in [1.165, 1.54) is 0 Å². The predicted octanol–water partition coefficient (Wildman–Crippen LogP) is 3.10. The summed E-state index contributed by atoms with van der Waals surface area (Å²) in [7, 11) is 0. The van der Waals surface area contributed by atoms with E-state index in [1.54, 1.807) is 17.1 Å². The standard InChI is InChI=1S/C20H17N5O/c1-12-5-7-15(8-6-12)25-20-17(13(2)24-25)18(14-4-3-9-23-11-14)16(10-21)19(22)26-20/h3-9,11,18H,22H2,1-2H3/t18-/m1/s1. The number of nitriles is 1. The SMILES string of the molecule is Cc1ccc(-n2nc(C)c3c2OC(N)=C(C#N)[C@H]3c2cccnc2)cc1. The molecule has 1 atom stereocenters. The fourth-order valence-corrected chi connectivity index (χ4v) is 3.26. The number of fused-ring (bicyclic) bond motifs is 1. The Kier molecular flexibility index (Phi) is 3.70. The van der Waals surface area contributed by atoms with Gasteiger partial charge in [0.25, 0.3) is 0 Å². The molecule has 0 unspecified atom stereocenters. The van der Waals surface area contributed by atoms with Crippen LogP contribution < -0.4 is 10.5 Å². The molecule has 0 bridgehead atoms. The van der Waals surface area contributed by atoms with Gasteiger partial charge in [0, 0.05) is 12.4 Å². The number of pyridine rings is 1. The molecule has 6 nitrogen and oxygen atoms in total. The Labute approximate surface area is 151 Å². The first-order valence-corrected chi connectivity index (χ1v) is 8.24. The van der Waals surface area contributed by atoms with Gasteiger partial charge in [-0.15, -0.1) is 0 Å². The van der Waals surface area contributed by atoms with Gasteiger partial charge in [0.05, 0.1) is 22.9 Å². The van der Waals surface area contributed by atoms with Crippen molar-refractivity contribution < 1.29 is 4.74 Å². The lowest BCUT2D eigenvalue weighted by Crippen LogP contribution is -2.22. The third-order valence-electron chi connectivity index (χ3n) is 4.53. The van der Waals surface area contributed by atoms with Gasteiger partial charge < -0.3 is 10.5 Å². The van der Waals surface area contributed by atoms with Gasteiger partial charge in [-0.1, -0.05) is 23.8 Å². The summed E-state index contributed by atoms with van der Waals surface area (Å²) in [5, 5.41) is 14.3. The van der Waals surface area contributed by atoms with Crippen molar-refractivity contribution in [2.24, 2.45) is 5.73 Å². The molecule has 4 rings (SSSR count). The molecule has 0 aliphatic carbocycles. The van der Waals surface area contributed by atoms with E-state index < -0.39 is 0 Å². The van der Waals surface area contributed by atoms with E-state index in [0.717, 1.165) is 28.1 Å². The van der Waals surface area contributed by atoms with E-state index in [9.17, 15) is 5.26 Å². The number of allylic oxidation sites excluding steroid dienone is 1. The number of nitrogens with zero attached hydrogens (tertiary/aromatic N) is 4. The minimum atomic E-state index is -0.350. The number of rotatable bonds is 2. The Hall–Kier alpha value is -3.59. The molecule has 1 aliphatic rings. The lowest BCUT2D eigenvalue weighted by atomic mass is 9.85. The monoisotopic (exact) mass is 343 g/mol. The topological polar surface area (TPSA) is 89.8 Å². The van der Waals surface area contributed by atoms with Crippen molar-refractivity contribution >= 4 is 0 Å². The Morgan fingerprint density at radius 3 is 2.62 bits per heavy atom. The Morgan fingerprint density at radius 2 is 1.96 bits per heavy atom. The van der Waals surface area contributed by atoms with E-state index in [2.05, 4.69) is 16.2 Å². The summed E-state index contributed by atoms with van der Waals surface area (Å²) in [5.41, 5.74) is 11.0. The molecule has 2 N–H and O–H groups in total. The number of hydrogen-bond acceptors (Lipinski definition) is 5. The van der Waals surface area contributed by atoms with Gasteiger partial charge in [0.1, 0.15) is 11.6 Å². The molecule has 26 heavy (non-hydrogen) atoms. The van der Waals surface area contributed by atoms with Gasteiger partial charge in [-0.05, 0) is 37.6 Å². The second-order valence-electron chi connectivity index (χ2n) is 6.26. The summed E-state index contributed by atoms with van der Waals surface area (Å²) >= 11 is 0. The van der Waals surface area contributed by atoms with Gasteiger partial charge in [-0.2, -0.15) is 10.4 Å². The van der Waals surface area contributed by atoms with Crippen LogP contribution in [0.3, 0.4) is 0 Å². The van der Waals surface area contributed by atoms with Crippen molar-refractivity contribution in [3.05, 3.63) is 82.6 Å². The fraction of sp³-hybridized carbons (Fsp3) is 0.150. The lowest BCUT2D eigenvalue weighted by Gasteiger charge is -2.24. The molecule has 1 aromatic carbocycles. The van der Waals surface area contributed by atoms with Crippen LogP contribution in [0.25, 0.3) is 5.69 Å². The summed E-state index contributed by atoms with van der Waals surface area (Å²) in [6.45, 7) is 3.94. The quantitative estimate of drug-likeness (QED) is 0.772. The second kappa shape index (κ2) is 6.05. The molecule has 0 amide bonds. The van der Waals surface area contributed by atoms with Crippen LogP contribution in [0.4, 0.5) is 0 Å². The molecule has 0 fully saturated rings. The molecule has 0 radical (unpaired) electrons. The van der Waals surface area contributed by atoms with Crippen molar-refractivity contribution in [3.63, 3.8) is 0 Å². The van der Waals surface area contributed by atoms with Crippen LogP contribution in [-0.2, 0) is 0 Å². The number of benzene rings is 1. The van der Waals surface area contributed by atoms with Gasteiger partial charge >= 0.3 is 0 Å². The average molecular weight is 343 g/mol. The molecule has 2 aromatic heterocycles. The Bertz CT molecular complexity index is 1040. The van der Waals surface area contributed by atoms with Crippen molar-refractivity contribution in [1.29, 1.82) is 5.26 Å². The molecule has 1 aliphatic heterocycles. The summed E-state index contributed by atoms with van der Waals surface area (Å²) in [6.07, 6.45) is 3.44. The first-order chi connectivity index (χ1) is 12.6. The lowest BCUT2D eigenvalue weighted by molar-refractivity contribution is 0.367. The first-order valence-electron chi connectivity index (χ1n) is 8.24. The zero-order chi connectivity index (χ0) is 18.3. The summed E-state index contributed by atoms with van der Waals surface area (Å²) in [5.74, 6) is 0.287. The van der Waals surface area contributed by atoms with Crippen molar-refractivity contribution in [1.82, 2.24) is 14.8 Å². The van der Waals surface area contributed by atoms with Crippen molar-refractivity contribution in [2.75, 3.05) is 0 Å². The molecule has 6 heteroatoms. The highest BCUT2D eigenvalue weighted by Gasteiger charge is 2.36. The molecule has 0 spiro atoms. The molecule has 3 heterocycles. The highest BCUT2D eigenvalue weighted by molar-refractivity contribution is 5.56. The van der Waals surface area contributed by atoms with Crippen LogP contribution >= 0.6 is 0 Å². The predicted molar refractivity (Wildman–Crippen MR) is 96.6 cm³/mol. The van der Waals surface area contributed by atoms with E-state index >= 15 is 0 Å². The number of aromatic nitrogens is 3. The largest absolute Gasteiger partial charge is 0.422 e. The minimum Gasteiger partial charge on any atom is -0.422 e. The molecule has 0 saturated carbocycles. The Morgan fingerprint density at radius 1 is 1.19 bits per heavy atom. The van der Waals surface area contributed by atoms with Crippen LogP contribution in [0.5, 0.6) is 5.88 Å². The second-order valence-corrected chi connectivity index (χ2v) is 6.26. The normalized spacial score (nSPS) is 16.0. The maximum Gasteiger partial charge on any atom is 0.229 e. The average Bonchev–Trinajstić information content (AvgIpc) is 2.98. The summed E-state index contributed by atoms with van der Waals surface area (Å²) < 4.78 is 7.57. The highest BCUT2D eigenvalue weighted by atomic mass is 16.5. The summed E-state index contributed by atoms with van der Waals surface area (Å²) in [4.78, 5) is 4.19. The molecular weight excluding hydrogens is 326 g/mol. The maximum atomic E-state index is 9.65. The molecule has 128 valence electrons. The number of ether oxygens (including phenoxy) is 1. The molecular formula is C20H17N5O.